The zero-order valence-electron chi connectivity index (χ0n) is 14.0. The average Bonchev–Trinajstić information content (AvgIpc) is 3.00. The Kier molecular flexibility index (Phi) is 7.59. The molecule has 1 aromatic rings. The molecule has 1 aromatic carbocycles. The summed E-state index contributed by atoms with van der Waals surface area (Å²) in [7, 11) is 1.99. The van der Waals surface area contributed by atoms with Gasteiger partial charge in [0.1, 0.15) is 4.84 Å². The fraction of sp³-hybridized carbons (Fsp3) is 0.500. The number of hydrogen-bond donors (Lipinski definition) is 2. The highest BCUT2D eigenvalue weighted by Crippen LogP contribution is 2.58. The quantitative estimate of drug-likeness (QED) is 0.610. The van der Waals surface area contributed by atoms with Crippen molar-refractivity contribution in [1.82, 2.24) is 5.32 Å². The van der Waals surface area contributed by atoms with Crippen LogP contribution in [0.25, 0.3) is 0 Å². The molecule has 3 nitrogen and oxygen atoms in total. The van der Waals surface area contributed by atoms with Crippen molar-refractivity contribution in [3.63, 3.8) is 0 Å². The molecule has 2 atom stereocenters. The molecule has 1 unspecified atom stereocenters. The molecule has 1 fully saturated rings. The van der Waals surface area contributed by atoms with Gasteiger partial charge in [0.25, 0.3) is 0 Å². The number of allylic oxidation sites excluding steroid dienone is 1. The zero-order chi connectivity index (χ0) is 17.6. The molecule has 2 rings (SSSR count). The van der Waals surface area contributed by atoms with Crippen LogP contribution in [-0.2, 0) is 11.2 Å². The second-order valence-corrected chi connectivity index (χ2v) is 7.49. The SMILES string of the molecule is CC1(C)C(=CC(Cl)Cl)C1C(=O)O.CN[C@@H](C)Cc1ccccc1. The molecular weight excluding hydrogens is 333 g/mol. The van der Waals surface area contributed by atoms with Crippen LogP contribution in [0.4, 0.5) is 0 Å². The minimum atomic E-state index is -0.805. The Morgan fingerprint density at radius 3 is 2.30 bits per heavy atom. The lowest BCUT2D eigenvalue weighted by Gasteiger charge is -2.08. The number of carbonyl (C=O) groups is 1. The maximum absolute atomic E-state index is 10.6. The van der Waals surface area contributed by atoms with Gasteiger partial charge >= 0.3 is 5.97 Å². The highest BCUT2D eigenvalue weighted by Gasteiger charge is 2.57. The van der Waals surface area contributed by atoms with Gasteiger partial charge in [-0.15, -0.1) is 23.2 Å². The monoisotopic (exact) mass is 357 g/mol. The Hall–Kier alpha value is -1.03. The first kappa shape index (κ1) is 20.0. The molecule has 5 heteroatoms. The Morgan fingerprint density at radius 2 is 1.91 bits per heavy atom. The number of nitrogens with one attached hydrogen (secondary N) is 1. The zero-order valence-corrected chi connectivity index (χ0v) is 15.5. The Labute approximate surface area is 148 Å². The molecule has 0 aliphatic heterocycles. The molecule has 0 aromatic heterocycles. The number of halogens is 2. The lowest BCUT2D eigenvalue weighted by Crippen LogP contribution is -2.23. The molecule has 0 radical (unpaired) electrons. The first-order valence-electron chi connectivity index (χ1n) is 7.64. The molecule has 1 aliphatic rings. The molecule has 0 saturated heterocycles. The Balaban J connectivity index is 0.000000231. The maximum atomic E-state index is 10.6. The summed E-state index contributed by atoms with van der Waals surface area (Å²) in [6.07, 6.45) is 2.71. The van der Waals surface area contributed by atoms with Crippen molar-refractivity contribution in [3.05, 3.63) is 47.5 Å². The first-order chi connectivity index (χ1) is 10.7. The molecule has 23 heavy (non-hydrogen) atoms. The van der Waals surface area contributed by atoms with Gasteiger partial charge in [-0.3, -0.25) is 4.79 Å². The van der Waals surface area contributed by atoms with E-state index in [-0.39, 0.29) is 5.41 Å². The molecule has 2 N–H and O–H groups in total. The number of carboxylic acids is 1. The van der Waals surface area contributed by atoms with Gasteiger partial charge in [-0.1, -0.05) is 50.3 Å². The molecule has 0 bridgehead atoms. The van der Waals surface area contributed by atoms with E-state index in [1.54, 1.807) is 6.08 Å². The molecular formula is C18H25Cl2NO2. The molecule has 1 saturated carbocycles. The summed E-state index contributed by atoms with van der Waals surface area (Å²) >= 11 is 11.0. The number of carboxylic acid groups (broad SMARTS) is 1. The summed E-state index contributed by atoms with van der Waals surface area (Å²) in [4.78, 5) is 10.0. The van der Waals surface area contributed by atoms with Gasteiger partial charge < -0.3 is 10.4 Å². The van der Waals surface area contributed by atoms with Crippen LogP contribution in [-0.4, -0.2) is 29.0 Å². The standard InChI is InChI=1S/C10H15N.C8H10Cl2O2/c1-9(11-2)8-10-6-4-3-5-7-10;1-8(2)4(3-5(9)10)6(8)7(11)12/h3-7,9,11H,8H2,1-2H3;3,5-6H,1-2H3,(H,11,12)/t9-;/m0./s1. The molecule has 0 amide bonds. The third kappa shape index (κ3) is 6.17. The second-order valence-electron chi connectivity index (χ2n) is 6.33. The summed E-state index contributed by atoms with van der Waals surface area (Å²) in [5.74, 6) is -1.21. The predicted molar refractivity (Wildman–Crippen MR) is 97.2 cm³/mol. The second kappa shape index (κ2) is 8.72. The number of aliphatic carboxylic acids is 1. The van der Waals surface area contributed by atoms with Gasteiger partial charge in [-0.25, -0.2) is 0 Å². The number of alkyl halides is 2. The van der Waals surface area contributed by atoms with E-state index in [1.807, 2.05) is 27.0 Å². The van der Waals surface area contributed by atoms with Gasteiger partial charge in [0.2, 0.25) is 0 Å². The lowest BCUT2D eigenvalue weighted by molar-refractivity contribution is -0.139. The largest absolute Gasteiger partial charge is 0.481 e. The van der Waals surface area contributed by atoms with Gasteiger partial charge in [0.05, 0.1) is 5.92 Å². The average molecular weight is 358 g/mol. The molecule has 1 aliphatic carbocycles. The van der Waals surface area contributed by atoms with Gasteiger partial charge in [0.15, 0.2) is 0 Å². The third-order valence-corrected chi connectivity index (χ3v) is 4.38. The summed E-state index contributed by atoms with van der Waals surface area (Å²) in [6, 6.07) is 11.1. The highest BCUT2D eigenvalue weighted by molar-refractivity contribution is 6.45. The van der Waals surface area contributed by atoms with Gasteiger partial charge in [-0.2, -0.15) is 0 Å². The van der Waals surface area contributed by atoms with Crippen molar-refractivity contribution in [2.75, 3.05) is 7.05 Å². The van der Waals surface area contributed by atoms with E-state index in [0.717, 1.165) is 12.0 Å². The summed E-state index contributed by atoms with van der Waals surface area (Å²) in [5, 5.41) is 12.0. The highest BCUT2D eigenvalue weighted by atomic mass is 35.5. The third-order valence-electron chi connectivity index (χ3n) is 4.12. The molecule has 0 heterocycles. The van der Waals surface area contributed by atoms with Crippen molar-refractivity contribution in [3.8, 4) is 0 Å². The maximum Gasteiger partial charge on any atom is 0.311 e. The fourth-order valence-corrected chi connectivity index (χ4v) is 2.81. The van der Waals surface area contributed by atoms with Gasteiger partial charge in [0, 0.05) is 11.5 Å². The molecule has 128 valence electrons. The van der Waals surface area contributed by atoms with E-state index >= 15 is 0 Å². The molecule has 0 spiro atoms. The topological polar surface area (TPSA) is 49.3 Å². The minimum absolute atomic E-state index is 0.270. The van der Waals surface area contributed by atoms with E-state index in [1.165, 1.54) is 5.56 Å². The van der Waals surface area contributed by atoms with Crippen LogP contribution in [0.3, 0.4) is 0 Å². The summed E-state index contributed by atoms with van der Waals surface area (Å²) < 4.78 is 0. The van der Waals surface area contributed by atoms with Crippen LogP contribution in [0.15, 0.2) is 42.0 Å². The lowest BCUT2D eigenvalue weighted by atomic mass is 10.1. The summed E-state index contributed by atoms with van der Waals surface area (Å²) in [6.45, 7) is 5.93. The summed E-state index contributed by atoms with van der Waals surface area (Å²) in [5.41, 5.74) is 1.95. The van der Waals surface area contributed by atoms with Crippen molar-refractivity contribution in [1.29, 1.82) is 0 Å². The van der Waals surface area contributed by atoms with Crippen LogP contribution in [0.2, 0.25) is 0 Å². The fourth-order valence-electron chi connectivity index (χ4n) is 2.54. The van der Waals surface area contributed by atoms with Crippen molar-refractivity contribution in [2.45, 2.75) is 38.1 Å². The van der Waals surface area contributed by atoms with Crippen LogP contribution >= 0.6 is 23.2 Å². The minimum Gasteiger partial charge on any atom is -0.481 e. The van der Waals surface area contributed by atoms with Crippen molar-refractivity contribution in [2.24, 2.45) is 11.3 Å². The number of rotatable bonds is 5. The number of benzene rings is 1. The normalized spacial score (nSPS) is 21.5. The first-order valence-corrected chi connectivity index (χ1v) is 8.51. The number of likely N-dealkylation sites (N-methyl/N-ethyl adjacent to an activating group) is 1. The van der Waals surface area contributed by atoms with Crippen molar-refractivity contribution < 1.29 is 9.90 Å². The van der Waals surface area contributed by atoms with Crippen LogP contribution in [0, 0.1) is 11.3 Å². The van der Waals surface area contributed by atoms with Crippen LogP contribution < -0.4 is 5.32 Å². The van der Waals surface area contributed by atoms with Crippen LogP contribution in [0.1, 0.15) is 26.3 Å². The van der Waals surface area contributed by atoms with E-state index in [4.69, 9.17) is 28.3 Å². The van der Waals surface area contributed by atoms with Crippen LogP contribution in [0.5, 0.6) is 0 Å². The smallest absolute Gasteiger partial charge is 0.311 e. The number of hydrogen-bond acceptors (Lipinski definition) is 2. The van der Waals surface area contributed by atoms with E-state index in [9.17, 15) is 4.79 Å². The van der Waals surface area contributed by atoms with E-state index in [0.29, 0.717) is 6.04 Å². The van der Waals surface area contributed by atoms with Gasteiger partial charge in [-0.05, 0) is 31.5 Å². The van der Waals surface area contributed by atoms with Crippen molar-refractivity contribution >= 4 is 29.2 Å². The Bertz CT molecular complexity index is 541. The predicted octanol–water partition coefficient (Wildman–Crippen LogP) is 4.29. The Morgan fingerprint density at radius 1 is 1.35 bits per heavy atom. The van der Waals surface area contributed by atoms with E-state index < -0.39 is 16.7 Å². The van der Waals surface area contributed by atoms with E-state index in [2.05, 4.69) is 36.5 Å².